The first-order valence-electron chi connectivity index (χ1n) is 8.65. The maximum Gasteiger partial charge on any atom is 0.416 e. The maximum absolute atomic E-state index is 13.2. The zero-order chi connectivity index (χ0) is 19.9. The number of rotatable bonds is 8. The summed E-state index contributed by atoms with van der Waals surface area (Å²) in [6, 6.07) is 5.19. The Hall–Kier alpha value is -2.77. The number of imidazole rings is 1. The summed E-state index contributed by atoms with van der Waals surface area (Å²) in [5.74, 6) is 0.500. The fourth-order valence-corrected chi connectivity index (χ4v) is 2.64. The Balaban J connectivity index is 2.20. The SMILES string of the molecule is C=CCN(Cc1nccn1Cc1ccccc1C(F)(F)F)C(=O)NCCC. The molecule has 0 spiro atoms. The monoisotopic (exact) mass is 380 g/mol. The molecule has 0 aliphatic carbocycles. The Morgan fingerprint density at radius 1 is 1.37 bits per heavy atom. The lowest BCUT2D eigenvalue weighted by atomic mass is 10.1. The number of carbonyl (C=O) groups excluding carboxylic acids is 1. The Morgan fingerprint density at radius 3 is 2.78 bits per heavy atom. The second-order valence-corrected chi connectivity index (χ2v) is 6.03. The molecule has 0 bridgehead atoms. The molecule has 1 N–H and O–H groups in total. The van der Waals surface area contributed by atoms with Crippen molar-refractivity contribution in [2.75, 3.05) is 13.1 Å². The molecule has 27 heavy (non-hydrogen) atoms. The lowest BCUT2D eigenvalue weighted by molar-refractivity contribution is -0.138. The van der Waals surface area contributed by atoms with Gasteiger partial charge in [-0.3, -0.25) is 0 Å². The third-order valence-electron chi connectivity index (χ3n) is 3.96. The van der Waals surface area contributed by atoms with E-state index in [0.717, 1.165) is 12.5 Å². The van der Waals surface area contributed by atoms with Gasteiger partial charge in [0.25, 0.3) is 0 Å². The number of nitrogens with zero attached hydrogens (tertiary/aromatic N) is 3. The minimum absolute atomic E-state index is 0.0174. The average Bonchev–Trinajstić information content (AvgIpc) is 3.05. The number of hydrogen-bond donors (Lipinski definition) is 1. The summed E-state index contributed by atoms with van der Waals surface area (Å²) in [5, 5.41) is 2.78. The van der Waals surface area contributed by atoms with E-state index in [-0.39, 0.29) is 24.7 Å². The van der Waals surface area contributed by atoms with Crippen molar-refractivity contribution in [2.45, 2.75) is 32.6 Å². The number of urea groups is 1. The first kappa shape index (κ1) is 20.5. The molecule has 1 aromatic heterocycles. The summed E-state index contributed by atoms with van der Waals surface area (Å²) in [6.07, 6.45) is 1.10. The zero-order valence-corrected chi connectivity index (χ0v) is 15.2. The molecule has 2 aromatic rings. The molecular weight excluding hydrogens is 357 g/mol. The van der Waals surface area contributed by atoms with Gasteiger partial charge in [0.2, 0.25) is 0 Å². The number of nitrogens with one attached hydrogen (secondary N) is 1. The number of halogens is 3. The Kier molecular flexibility index (Phi) is 7.04. The Bertz CT molecular complexity index is 770. The van der Waals surface area contributed by atoms with Crippen LogP contribution in [-0.2, 0) is 19.3 Å². The second kappa shape index (κ2) is 9.25. The highest BCUT2D eigenvalue weighted by atomic mass is 19.4. The topological polar surface area (TPSA) is 50.2 Å². The van der Waals surface area contributed by atoms with Crippen molar-refractivity contribution in [1.29, 1.82) is 0 Å². The van der Waals surface area contributed by atoms with Gasteiger partial charge >= 0.3 is 12.2 Å². The van der Waals surface area contributed by atoms with E-state index >= 15 is 0 Å². The third-order valence-corrected chi connectivity index (χ3v) is 3.96. The molecule has 1 heterocycles. The van der Waals surface area contributed by atoms with E-state index in [1.807, 2.05) is 6.92 Å². The molecule has 0 aliphatic rings. The van der Waals surface area contributed by atoms with E-state index in [4.69, 9.17) is 0 Å². The largest absolute Gasteiger partial charge is 0.416 e. The molecule has 146 valence electrons. The van der Waals surface area contributed by atoms with Gasteiger partial charge in [0, 0.05) is 32.0 Å². The molecule has 0 atom stereocenters. The van der Waals surface area contributed by atoms with Gasteiger partial charge in [0.05, 0.1) is 12.1 Å². The standard InChI is InChI=1S/C19H23F3N4O/c1-3-9-24-18(27)26(11-4-2)14-17-23-10-12-25(17)13-15-7-5-6-8-16(15)19(20,21)22/h4-8,10,12H,2-3,9,11,13-14H2,1H3,(H,24,27). The number of amides is 2. The summed E-state index contributed by atoms with van der Waals surface area (Å²) in [5.41, 5.74) is -0.525. The van der Waals surface area contributed by atoms with Gasteiger partial charge in [-0.05, 0) is 18.1 Å². The Labute approximate surface area is 156 Å². The van der Waals surface area contributed by atoms with Crippen molar-refractivity contribution in [3.63, 3.8) is 0 Å². The van der Waals surface area contributed by atoms with Crippen LogP contribution in [0.1, 0.15) is 30.3 Å². The van der Waals surface area contributed by atoms with Gasteiger partial charge in [-0.2, -0.15) is 13.2 Å². The summed E-state index contributed by atoms with van der Waals surface area (Å²) < 4.78 is 41.3. The minimum Gasteiger partial charge on any atom is -0.338 e. The lowest BCUT2D eigenvalue weighted by Gasteiger charge is -2.22. The van der Waals surface area contributed by atoms with Crippen LogP contribution in [-0.4, -0.2) is 33.6 Å². The van der Waals surface area contributed by atoms with E-state index in [9.17, 15) is 18.0 Å². The smallest absolute Gasteiger partial charge is 0.338 e. The highest BCUT2D eigenvalue weighted by Gasteiger charge is 2.33. The highest BCUT2D eigenvalue weighted by molar-refractivity contribution is 5.74. The molecule has 5 nitrogen and oxygen atoms in total. The third kappa shape index (κ3) is 5.60. The van der Waals surface area contributed by atoms with Crippen molar-refractivity contribution in [3.05, 3.63) is 66.3 Å². The lowest BCUT2D eigenvalue weighted by Crippen LogP contribution is -2.40. The second-order valence-electron chi connectivity index (χ2n) is 6.03. The van der Waals surface area contributed by atoms with Crippen molar-refractivity contribution in [1.82, 2.24) is 19.8 Å². The molecule has 0 unspecified atom stereocenters. The van der Waals surface area contributed by atoms with Gasteiger partial charge in [-0.25, -0.2) is 9.78 Å². The summed E-state index contributed by atoms with van der Waals surface area (Å²) in [4.78, 5) is 18.0. The van der Waals surface area contributed by atoms with Crippen LogP contribution in [0.4, 0.5) is 18.0 Å². The van der Waals surface area contributed by atoms with Gasteiger partial charge in [-0.1, -0.05) is 31.2 Å². The molecule has 1 aromatic carbocycles. The van der Waals surface area contributed by atoms with E-state index in [2.05, 4.69) is 16.9 Å². The molecule has 2 rings (SSSR count). The van der Waals surface area contributed by atoms with Crippen LogP contribution in [0, 0.1) is 0 Å². The van der Waals surface area contributed by atoms with Crippen LogP contribution in [0.25, 0.3) is 0 Å². The molecular formula is C19H23F3N4O. The van der Waals surface area contributed by atoms with Crippen LogP contribution in [0.15, 0.2) is 49.3 Å². The van der Waals surface area contributed by atoms with Gasteiger partial charge in [0.15, 0.2) is 0 Å². The predicted molar refractivity (Wildman–Crippen MR) is 97.1 cm³/mol. The first-order chi connectivity index (χ1) is 12.9. The molecule has 0 radical (unpaired) electrons. The fourth-order valence-electron chi connectivity index (χ4n) is 2.64. The van der Waals surface area contributed by atoms with E-state index in [1.165, 1.54) is 23.2 Å². The average molecular weight is 380 g/mol. The molecule has 0 saturated carbocycles. The van der Waals surface area contributed by atoms with E-state index < -0.39 is 11.7 Å². The first-order valence-corrected chi connectivity index (χ1v) is 8.65. The van der Waals surface area contributed by atoms with Gasteiger partial charge in [-0.15, -0.1) is 6.58 Å². The zero-order valence-electron chi connectivity index (χ0n) is 15.2. The van der Waals surface area contributed by atoms with Crippen LogP contribution in [0.5, 0.6) is 0 Å². The van der Waals surface area contributed by atoms with E-state index in [0.29, 0.717) is 18.9 Å². The summed E-state index contributed by atoms with van der Waals surface area (Å²) >= 11 is 0. The predicted octanol–water partition coefficient (Wildman–Crippen LogP) is 4.06. The number of hydrogen-bond acceptors (Lipinski definition) is 2. The Morgan fingerprint density at radius 2 is 2.11 bits per heavy atom. The number of benzene rings is 1. The summed E-state index contributed by atoms with van der Waals surface area (Å²) in [7, 11) is 0. The van der Waals surface area contributed by atoms with Crippen LogP contribution < -0.4 is 5.32 Å². The van der Waals surface area contributed by atoms with Gasteiger partial charge < -0.3 is 14.8 Å². The van der Waals surface area contributed by atoms with E-state index in [1.54, 1.807) is 22.9 Å². The van der Waals surface area contributed by atoms with Crippen LogP contribution in [0.2, 0.25) is 0 Å². The molecule has 0 aliphatic heterocycles. The van der Waals surface area contributed by atoms with Crippen molar-refractivity contribution in [2.24, 2.45) is 0 Å². The quantitative estimate of drug-likeness (QED) is 0.702. The van der Waals surface area contributed by atoms with Crippen molar-refractivity contribution in [3.8, 4) is 0 Å². The molecule has 8 heteroatoms. The highest BCUT2D eigenvalue weighted by Crippen LogP contribution is 2.32. The van der Waals surface area contributed by atoms with Crippen molar-refractivity contribution < 1.29 is 18.0 Å². The molecule has 0 saturated heterocycles. The number of aromatic nitrogens is 2. The van der Waals surface area contributed by atoms with Crippen molar-refractivity contribution >= 4 is 6.03 Å². The summed E-state index contributed by atoms with van der Waals surface area (Å²) in [6.45, 7) is 6.63. The number of alkyl halides is 3. The fraction of sp³-hybridized carbons (Fsp3) is 0.368. The van der Waals surface area contributed by atoms with Crippen LogP contribution in [0.3, 0.4) is 0 Å². The molecule has 2 amide bonds. The number of carbonyl (C=O) groups is 1. The van der Waals surface area contributed by atoms with Gasteiger partial charge in [0.1, 0.15) is 5.82 Å². The minimum atomic E-state index is -4.42. The normalized spacial score (nSPS) is 11.3. The molecule has 0 fully saturated rings. The van der Waals surface area contributed by atoms with Crippen LogP contribution >= 0.6 is 0 Å². The maximum atomic E-state index is 13.2.